The van der Waals surface area contributed by atoms with Crippen LogP contribution in [0.25, 0.3) is 16.6 Å². The molecule has 0 bridgehead atoms. The van der Waals surface area contributed by atoms with Crippen LogP contribution in [-0.4, -0.2) is 61.5 Å². The van der Waals surface area contributed by atoms with Crippen LogP contribution in [0, 0.1) is 34.0 Å². The van der Waals surface area contributed by atoms with Crippen molar-refractivity contribution in [2.75, 3.05) is 24.5 Å². The maximum atomic E-state index is 13.6. The lowest BCUT2D eigenvalue weighted by Gasteiger charge is -2.58. The molecule has 208 valence electrons. The molecule has 3 aromatic heterocycles. The molecule has 1 spiro atoms. The minimum atomic E-state index is -0.915. The summed E-state index contributed by atoms with van der Waals surface area (Å²) in [4.78, 5) is 29.5. The molecule has 40 heavy (non-hydrogen) atoms. The van der Waals surface area contributed by atoms with Gasteiger partial charge < -0.3 is 14.5 Å². The lowest BCUT2D eigenvalue weighted by molar-refractivity contribution is -0.124. The molecule has 2 aliphatic heterocycles. The van der Waals surface area contributed by atoms with Gasteiger partial charge >= 0.3 is 6.09 Å². The Labute approximate surface area is 233 Å². The maximum absolute atomic E-state index is 13.6. The van der Waals surface area contributed by atoms with Crippen LogP contribution in [-0.2, 0) is 9.53 Å². The van der Waals surface area contributed by atoms with Crippen molar-refractivity contribution in [1.82, 2.24) is 24.3 Å². The summed E-state index contributed by atoms with van der Waals surface area (Å²) in [6.45, 7) is 9.72. The van der Waals surface area contributed by atoms with Gasteiger partial charge in [-0.15, -0.1) is 0 Å². The van der Waals surface area contributed by atoms with E-state index in [1.807, 2.05) is 50.8 Å². The monoisotopic (exact) mass is 541 g/mol. The number of anilines is 1. The van der Waals surface area contributed by atoms with E-state index >= 15 is 0 Å². The molecule has 0 aromatic carbocycles. The molecule has 5 heterocycles. The van der Waals surface area contributed by atoms with Crippen molar-refractivity contribution >= 4 is 23.2 Å². The number of hydrogen-bond donors (Lipinski definition) is 0. The number of amides is 2. The molecule has 0 unspecified atom stereocenters. The van der Waals surface area contributed by atoms with Crippen molar-refractivity contribution in [2.45, 2.75) is 65.0 Å². The number of rotatable bonds is 4. The first-order valence-corrected chi connectivity index (χ1v) is 14.2. The van der Waals surface area contributed by atoms with Crippen molar-refractivity contribution in [3.8, 4) is 17.2 Å². The van der Waals surface area contributed by atoms with Gasteiger partial charge in [0.2, 0.25) is 5.91 Å². The Bertz CT molecular complexity index is 1560. The molecule has 2 aliphatic carbocycles. The van der Waals surface area contributed by atoms with Crippen LogP contribution in [0.4, 0.5) is 10.5 Å². The highest BCUT2D eigenvalue weighted by molar-refractivity contribution is 6.05. The molecule has 4 aliphatic rings. The third-order valence-electron chi connectivity index (χ3n) is 9.37. The number of nitrogens with zero attached hydrogens (tertiary/aromatic N) is 7. The second-order valence-electron chi connectivity index (χ2n) is 13.5. The topological polar surface area (TPSA) is 109 Å². The van der Waals surface area contributed by atoms with Crippen LogP contribution in [0.2, 0.25) is 0 Å². The normalized spacial score (nSPS) is 26.2. The summed E-state index contributed by atoms with van der Waals surface area (Å²) in [5.41, 5.74) is 2.39. The van der Waals surface area contributed by atoms with E-state index in [-0.39, 0.29) is 29.3 Å². The van der Waals surface area contributed by atoms with Gasteiger partial charge in [0.15, 0.2) is 0 Å². The van der Waals surface area contributed by atoms with E-state index < -0.39 is 11.0 Å². The molecular weight excluding hydrogens is 506 g/mol. The minimum Gasteiger partial charge on any atom is -0.444 e. The summed E-state index contributed by atoms with van der Waals surface area (Å²) >= 11 is 0. The first kappa shape index (κ1) is 25.1. The maximum Gasteiger partial charge on any atom is 0.410 e. The minimum absolute atomic E-state index is 0.0176. The van der Waals surface area contributed by atoms with E-state index in [2.05, 4.69) is 28.5 Å². The average molecular weight is 542 g/mol. The summed E-state index contributed by atoms with van der Waals surface area (Å²) in [6, 6.07) is 6.66. The standard InChI is InChI=1S/C30H35N7O3/c1-19-13-35(26(38)30(19,16-31)22-5-6-22)24-7-8-32-37-14-20(9-25(24)37)21-12-33-36(15-21)23-10-29(11-23)17-34(18-29)27(39)40-28(2,3)4/h7-9,12,14-15,19,22-23H,5-6,10-11,13,17-18H2,1-4H3/t19-,30+/m1/s1. The molecule has 3 aromatic rings. The molecule has 10 nitrogen and oxygen atoms in total. The highest BCUT2D eigenvalue weighted by Gasteiger charge is 2.61. The molecule has 2 amide bonds. The predicted molar refractivity (Wildman–Crippen MR) is 147 cm³/mol. The summed E-state index contributed by atoms with van der Waals surface area (Å²) in [7, 11) is 0. The highest BCUT2D eigenvalue weighted by Crippen LogP contribution is 2.55. The Kier molecular flexibility index (Phi) is 5.23. The number of ether oxygens (including phenoxy) is 1. The van der Waals surface area contributed by atoms with Gasteiger partial charge in [0.25, 0.3) is 0 Å². The zero-order valence-electron chi connectivity index (χ0n) is 23.5. The molecule has 7 rings (SSSR count). The van der Waals surface area contributed by atoms with Crippen LogP contribution < -0.4 is 4.90 Å². The van der Waals surface area contributed by atoms with Gasteiger partial charge in [-0.3, -0.25) is 9.48 Å². The Morgan fingerprint density at radius 3 is 2.58 bits per heavy atom. The molecule has 2 saturated heterocycles. The first-order valence-electron chi connectivity index (χ1n) is 14.2. The Morgan fingerprint density at radius 1 is 1.15 bits per heavy atom. The van der Waals surface area contributed by atoms with Crippen molar-refractivity contribution in [3.63, 3.8) is 0 Å². The van der Waals surface area contributed by atoms with Crippen LogP contribution >= 0.6 is 0 Å². The highest BCUT2D eigenvalue weighted by atomic mass is 16.6. The summed E-state index contributed by atoms with van der Waals surface area (Å²) < 4.78 is 9.34. The molecule has 10 heteroatoms. The van der Waals surface area contributed by atoms with E-state index in [9.17, 15) is 14.9 Å². The van der Waals surface area contributed by atoms with Gasteiger partial charge in [0.1, 0.15) is 11.0 Å². The van der Waals surface area contributed by atoms with E-state index in [0.717, 1.165) is 61.1 Å². The van der Waals surface area contributed by atoms with Gasteiger partial charge in [-0.05, 0) is 64.5 Å². The fourth-order valence-corrected chi connectivity index (χ4v) is 7.18. The van der Waals surface area contributed by atoms with Crippen LogP contribution in [0.1, 0.15) is 59.4 Å². The van der Waals surface area contributed by atoms with Crippen molar-refractivity contribution < 1.29 is 14.3 Å². The van der Waals surface area contributed by atoms with Gasteiger partial charge in [-0.25, -0.2) is 9.31 Å². The zero-order valence-corrected chi connectivity index (χ0v) is 23.5. The lowest BCUT2D eigenvalue weighted by Crippen LogP contribution is -2.64. The number of hydrogen-bond acceptors (Lipinski definition) is 6. The summed E-state index contributed by atoms with van der Waals surface area (Å²) in [5.74, 6) is 0.0758. The van der Waals surface area contributed by atoms with Gasteiger partial charge in [-0.1, -0.05) is 6.92 Å². The number of nitriles is 1. The average Bonchev–Trinajstić information content (AvgIpc) is 3.30. The summed E-state index contributed by atoms with van der Waals surface area (Å²) in [5, 5.41) is 19.2. The fraction of sp³-hybridized carbons (Fsp3) is 0.567. The van der Waals surface area contributed by atoms with Gasteiger partial charge in [0.05, 0.1) is 29.5 Å². The van der Waals surface area contributed by atoms with Gasteiger partial charge in [-0.2, -0.15) is 15.5 Å². The Hall–Kier alpha value is -3.87. The van der Waals surface area contributed by atoms with E-state index in [1.165, 1.54) is 0 Å². The first-order chi connectivity index (χ1) is 19.0. The number of carbonyl (C=O) groups is 2. The van der Waals surface area contributed by atoms with Crippen molar-refractivity contribution in [1.29, 1.82) is 5.26 Å². The Morgan fingerprint density at radius 2 is 1.90 bits per heavy atom. The number of fused-ring (bicyclic) bond motifs is 1. The zero-order chi connectivity index (χ0) is 28.0. The van der Waals surface area contributed by atoms with Crippen LogP contribution in [0.15, 0.2) is 36.9 Å². The number of aromatic nitrogens is 4. The molecule has 0 radical (unpaired) electrons. The molecular formula is C30H35N7O3. The summed E-state index contributed by atoms with van der Waals surface area (Å²) in [6.07, 6.45) is 11.3. The van der Waals surface area contributed by atoms with E-state index in [0.29, 0.717) is 12.6 Å². The van der Waals surface area contributed by atoms with Gasteiger partial charge in [0, 0.05) is 60.7 Å². The molecule has 0 N–H and O–H groups in total. The predicted octanol–water partition coefficient (Wildman–Crippen LogP) is 4.67. The second-order valence-corrected chi connectivity index (χ2v) is 13.5. The van der Waals surface area contributed by atoms with Crippen LogP contribution in [0.3, 0.4) is 0 Å². The van der Waals surface area contributed by atoms with Crippen molar-refractivity contribution in [3.05, 3.63) is 36.9 Å². The third kappa shape index (κ3) is 3.74. The fourth-order valence-electron chi connectivity index (χ4n) is 7.18. The third-order valence-corrected chi connectivity index (χ3v) is 9.37. The number of carbonyl (C=O) groups excluding carboxylic acids is 2. The largest absolute Gasteiger partial charge is 0.444 e. The van der Waals surface area contributed by atoms with E-state index in [1.54, 1.807) is 20.5 Å². The van der Waals surface area contributed by atoms with Crippen LogP contribution in [0.5, 0.6) is 0 Å². The quantitative estimate of drug-likeness (QED) is 0.475. The number of likely N-dealkylation sites (tertiary alicyclic amines) is 1. The molecule has 2 atom stereocenters. The SMILES string of the molecule is C[C@@H]1CN(c2ccnn3cc(-c4cnn(C5CC6(C5)CN(C(=O)OC(C)(C)C)C6)c4)cc23)C(=O)[C@]1(C#N)C1CC1. The van der Waals surface area contributed by atoms with E-state index in [4.69, 9.17) is 4.74 Å². The smallest absolute Gasteiger partial charge is 0.410 e. The molecule has 4 fully saturated rings. The van der Waals surface area contributed by atoms with Crippen molar-refractivity contribution in [2.24, 2.45) is 22.7 Å². The Balaban J connectivity index is 1.06. The lowest BCUT2D eigenvalue weighted by atomic mass is 9.61. The second kappa shape index (κ2) is 8.32. The molecule has 2 saturated carbocycles.